The molecule has 1 unspecified atom stereocenters. The molecule has 0 amide bonds. The van der Waals surface area contributed by atoms with Gasteiger partial charge < -0.3 is 10.8 Å². The van der Waals surface area contributed by atoms with E-state index in [9.17, 15) is 4.79 Å². The SMILES string of the molecule is CCC(C)SCC[C@H](N)C(=O)O. The quantitative estimate of drug-likeness (QED) is 0.664. The molecule has 0 aromatic carbocycles. The molecule has 0 aromatic rings. The molecule has 0 saturated carbocycles. The summed E-state index contributed by atoms with van der Waals surface area (Å²) >= 11 is 1.78. The molecule has 0 heterocycles. The van der Waals surface area contributed by atoms with Crippen molar-refractivity contribution >= 4 is 17.7 Å². The van der Waals surface area contributed by atoms with Gasteiger partial charge in [-0.05, 0) is 18.6 Å². The molecular formula is C8H17NO2S. The Balaban J connectivity index is 3.37. The minimum atomic E-state index is -0.903. The van der Waals surface area contributed by atoms with Crippen LogP contribution in [0.4, 0.5) is 0 Å². The monoisotopic (exact) mass is 191 g/mol. The van der Waals surface area contributed by atoms with Crippen molar-refractivity contribution in [1.82, 2.24) is 0 Å². The zero-order chi connectivity index (χ0) is 9.56. The van der Waals surface area contributed by atoms with E-state index in [0.717, 1.165) is 12.2 Å². The molecule has 0 saturated heterocycles. The predicted molar refractivity (Wildman–Crippen MR) is 52.4 cm³/mol. The summed E-state index contributed by atoms with van der Waals surface area (Å²) < 4.78 is 0. The van der Waals surface area contributed by atoms with Gasteiger partial charge in [-0.15, -0.1) is 0 Å². The molecule has 3 N–H and O–H groups in total. The first-order valence-corrected chi connectivity index (χ1v) is 5.22. The van der Waals surface area contributed by atoms with Crippen LogP contribution in [0.5, 0.6) is 0 Å². The molecule has 4 heteroatoms. The van der Waals surface area contributed by atoms with Crippen LogP contribution in [0.3, 0.4) is 0 Å². The van der Waals surface area contributed by atoms with Crippen molar-refractivity contribution in [2.45, 2.75) is 38.0 Å². The van der Waals surface area contributed by atoms with Gasteiger partial charge in [0.25, 0.3) is 0 Å². The zero-order valence-corrected chi connectivity index (χ0v) is 8.43. The minimum absolute atomic E-state index is 0.560. The Morgan fingerprint density at radius 2 is 2.25 bits per heavy atom. The molecular weight excluding hydrogens is 174 g/mol. The Bertz CT molecular complexity index is 141. The summed E-state index contributed by atoms with van der Waals surface area (Å²) in [6, 6.07) is -0.693. The van der Waals surface area contributed by atoms with Crippen LogP contribution >= 0.6 is 11.8 Å². The maximum Gasteiger partial charge on any atom is 0.320 e. The van der Waals surface area contributed by atoms with Gasteiger partial charge in [0.15, 0.2) is 0 Å². The van der Waals surface area contributed by atoms with Crippen molar-refractivity contribution in [3.8, 4) is 0 Å². The number of rotatable bonds is 6. The average Bonchev–Trinajstić information content (AvgIpc) is 2.03. The van der Waals surface area contributed by atoms with Crippen molar-refractivity contribution in [2.75, 3.05) is 5.75 Å². The second-order valence-corrected chi connectivity index (χ2v) is 4.37. The van der Waals surface area contributed by atoms with Gasteiger partial charge in [-0.2, -0.15) is 11.8 Å². The van der Waals surface area contributed by atoms with Crippen LogP contribution < -0.4 is 5.73 Å². The van der Waals surface area contributed by atoms with Crippen molar-refractivity contribution in [2.24, 2.45) is 5.73 Å². The first kappa shape index (κ1) is 11.8. The molecule has 0 aromatic heterocycles. The fourth-order valence-electron chi connectivity index (χ4n) is 0.638. The predicted octanol–water partition coefficient (Wildman–Crippen LogP) is 1.32. The van der Waals surface area contributed by atoms with Gasteiger partial charge >= 0.3 is 5.97 Å². The molecule has 12 heavy (non-hydrogen) atoms. The zero-order valence-electron chi connectivity index (χ0n) is 7.62. The lowest BCUT2D eigenvalue weighted by Crippen LogP contribution is -2.30. The highest BCUT2D eigenvalue weighted by Crippen LogP contribution is 2.14. The van der Waals surface area contributed by atoms with Gasteiger partial charge in [-0.1, -0.05) is 13.8 Å². The average molecular weight is 191 g/mol. The fraction of sp³-hybridized carbons (Fsp3) is 0.875. The van der Waals surface area contributed by atoms with E-state index in [0.29, 0.717) is 11.7 Å². The van der Waals surface area contributed by atoms with E-state index < -0.39 is 12.0 Å². The minimum Gasteiger partial charge on any atom is -0.480 e. The van der Waals surface area contributed by atoms with E-state index in [-0.39, 0.29) is 0 Å². The van der Waals surface area contributed by atoms with E-state index in [4.69, 9.17) is 10.8 Å². The lowest BCUT2D eigenvalue weighted by molar-refractivity contribution is -0.138. The van der Waals surface area contributed by atoms with Crippen LogP contribution in [0.25, 0.3) is 0 Å². The van der Waals surface area contributed by atoms with Crippen LogP contribution in [0, 0.1) is 0 Å². The molecule has 0 aliphatic heterocycles. The number of hydrogen-bond donors (Lipinski definition) is 2. The highest BCUT2D eigenvalue weighted by molar-refractivity contribution is 7.99. The maximum atomic E-state index is 10.3. The molecule has 3 nitrogen and oxygen atoms in total. The summed E-state index contributed by atoms with van der Waals surface area (Å²) in [5.41, 5.74) is 5.33. The first-order valence-electron chi connectivity index (χ1n) is 4.18. The Morgan fingerprint density at radius 1 is 1.67 bits per heavy atom. The number of nitrogens with two attached hydrogens (primary N) is 1. The molecule has 0 spiro atoms. The van der Waals surface area contributed by atoms with Crippen LogP contribution in [-0.4, -0.2) is 28.1 Å². The maximum absolute atomic E-state index is 10.3. The molecule has 0 radical (unpaired) electrons. The number of carbonyl (C=O) groups is 1. The standard InChI is InChI=1S/C8H17NO2S/c1-3-6(2)12-5-4-7(9)8(10)11/h6-7H,3-5,9H2,1-2H3,(H,10,11)/t6?,7-/m0/s1. The van der Waals surface area contributed by atoms with Crippen molar-refractivity contribution in [1.29, 1.82) is 0 Å². The Kier molecular flexibility index (Phi) is 6.20. The second kappa shape index (κ2) is 6.31. The van der Waals surface area contributed by atoms with Crippen molar-refractivity contribution < 1.29 is 9.90 Å². The van der Waals surface area contributed by atoms with E-state index in [1.165, 1.54) is 0 Å². The summed E-state index contributed by atoms with van der Waals surface area (Å²) in [7, 11) is 0. The number of aliphatic carboxylic acids is 1. The van der Waals surface area contributed by atoms with E-state index in [1.54, 1.807) is 11.8 Å². The first-order chi connectivity index (χ1) is 5.57. The van der Waals surface area contributed by atoms with Gasteiger partial charge in [-0.25, -0.2) is 0 Å². The molecule has 2 atom stereocenters. The number of carboxylic acids is 1. The topological polar surface area (TPSA) is 63.3 Å². The summed E-state index contributed by atoms with van der Waals surface area (Å²) in [5, 5.41) is 9.07. The Hall–Kier alpha value is -0.220. The summed E-state index contributed by atoms with van der Waals surface area (Å²) in [5.74, 6) is -0.0672. The molecule has 72 valence electrons. The summed E-state index contributed by atoms with van der Waals surface area (Å²) in [6.07, 6.45) is 1.68. The van der Waals surface area contributed by atoms with Crippen LogP contribution in [0.1, 0.15) is 26.7 Å². The normalized spacial score (nSPS) is 15.6. The molecule has 0 bridgehead atoms. The van der Waals surface area contributed by atoms with E-state index in [2.05, 4.69) is 13.8 Å². The lowest BCUT2D eigenvalue weighted by Gasteiger charge is -2.09. The summed E-state index contributed by atoms with van der Waals surface area (Å²) in [6.45, 7) is 4.26. The van der Waals surface area contributed by atoms with Crippen molar-refractivity contribution in [3.05, 3.63) is 0 Å². The van der Waals surface area contributed by atoms with E-state index in [1.807, 2.05) is 0 Å². The molecule has 0 aliphatic carbocycles. The number of thioether (sulfide) groups is 1. The Labute approximate surface area is 77.7 Å². The highest BCUT2D eigenvalue weighted by Gasteiger charge is 2.10. The number of hydrogen-bond acceptors (Lipinski definition) is 3. The molecule has 0 fully saturated rings. The fourth-order valence-corrected chi connectivity index (χ4v) is 1.67. The van der Waals surface area contributed by atoms with Crippen LogP contribution in [-0.2, 0) is 4.79 Å². The smallest absolute Gasteiger partial charge is 0.320 e. The van der Waals surface area contributed by atoms with Gasteiger partial charge in [-0.3, -0.25) is 4.79 Å². The lowest BCUT2D eigenvalue weighted by atomic mass is 10.2. The third kappa shape index (κ3) is 5.43. The third-order valence-corrected chi connectivity index (χ3v) is 3.10. The van der Waals surface area contributed by atoms with Crippen LogP contribution in [0.15, 0.2) is 0 Å². The Morgan fingerprint density at radius 3 is 2.67 bits per heavy atom. The highest BCUT2D eigenvalue weighted by atomic mass is 32.2. The van der Waals surface area contributed by atoms with Gasteiger partial charge in [0.1, 0.15) is 6.04 Å². The van der Waals surface area contributed by atoms with Crippen LogP contribution in [0.2, 0.25) is 0 Å². The van der Waals surface area contributed by atoms with E-state index >= 15 is 0 Å². The van der Waals surface area contributed by atoms with Crippen molar-refractivity contribution in [3.63, 3.8) is 0 Å². The number of carboxylic acid groups (broad SMARTS) is 1. The molecule has 0 rings (SSSR count). The van der Waals surface area contributed by atoms with Gasteiger partial charge in [0.05, 0.1) is 0 Å². The largest absolute Gasteiger partial charge is 0.480 e. The third-order valence-electron chi connectivity index (χ3n) is 1.72. The summed E-state index contributed by atoms with van der Waals surface area (Å²) in [4.78, 5) is 10.3. The van der Waals surface area contributed by atoms with Gasteiger partial charge in [0, 0.05) is 5.25 Å². The van der Waals surface area contributed by atoms with Gasteiger partial charge in [0.2, 0.25) is 0 Å². The second-order valence-electron chi connectivity index (χ2n) is 2.82. The molecule has 0 aliphatic rings.